The number of carbonyl (C=O) groups is 2. The highest BCUT2D eigenvalue weighted by Crippen LogP contribution is 2.11. The largest absolute Gasteiger partial charge is 0.479 e. The highest BCUT2D eigenvalue weighted by Gasteiger charge is 2.21. The summed E-state index contributed by atoms with van der Waals surface area (Å²) in [7, 11) is 1.23. The van der Waals surface area contributed by atoms with Crippen molar-refractivity contribution in [1.29, 1.82) is 0 Å². The molecule has 6 nitrogen and oxygen atoms in total. The van der Waals surface area contributed by atoms with Crippen LogP contribution in [0.15, 0.2) is 30.3 Å². The second kappa shape index (κ2) is 6.73. The third kappa shape index (κ3) is 3.83. The summed E-state index contributed by atoms with van der Waals surface area (Å²) >= 11 is 0. The second-order valence-corrected chi connectivity index (χ2v) is 3.62. The Bertz CT molecular complexity index is 406. The zero-order chi connectivity index (χ0) is 13.5. The van der Waals surface area contributed by atoms with Gasteiger partial charge in [-0.15, -0.1) is 0 Å². The molecule has 0 aliphatic rings. The van der Waals surface area contributed by atoms with E-state index in [0.29, 0.717) is 5.56 Å². The van der Waals surface area contributed by atoms with E-state index in [1.165, 1.54) is 7.11 Å². The maximum Gasteiger partial charge on any atom is 0.334 e. The molecule has 0 heterocycles. The molecule has 0 aromatic heterocycles. The third-order valence-corrected chi connectivity index (χ3v) is 2.39. The number of carboxylic acid groups (broad SMARTS) is 1. The minimum Gasteiger partial charge on any atom is -0.479 e. The molecule has 0 spiro atoms. The quantitative estimate of drug-likeness (QED) is 0.660. The number of carbonyl (C=O) groups excluding carboxylic acids is 1. The Morgan fingerprint density at radius 3 is 2.44 bits per heavy atom. The van der Waals surface area contributed by atoms with E-state index in [4.69, 9.17) is 5.11 Å². The van der Waals surface area contributed by atoms with E-state index in [9.17, 15) is 14.7 Å². The van der Waals surface area contributed by atoms with Gasteiger partial charge in [0.1, 0.15) is 0 Å². The molecule has 2 unspecified atom stereocenters. The molecule has 0 bridgehead atoms. The molecule has 0 aliphatic carbocycles. The van der Waals surface area contributed by atoms with Gasteiger partial charge in [0.05, 0.1) is 6.54 Å². The molecule has 0 radical (unpaired) electrons. The maximum atomic E-state index is 11.6. The lowest BCUT2D eigenvalue weighted by Crippen LogP contribution is -2.39. The number of hydrogen-bond acceptors (Lipinski definition) is 4. The van der Waals surface area contributed by atoms with E-state index < -0.39 is 24.1 Å². The number of aliphatic hydroxyl groups excluding tert-OH is 1. The zero-order valence-corrected chi connectivity index (χ0v) is 9.87. The van der Waals surface area contributed by atoms with Crippen molar-refractivity contribution in [3.63, 3.8) is 0 Å². The molecule has 3 N–H and O–H groups in total. The first-order chi connectivity index (χ1) is 8.56. The minimum atomic E-state index is -1.32. The van der Waals surface area contributed by atoms with Crippen LogP contribution in [0.4, 0.5) is 0 Å². The Kier molecular flexibility index (Phi) is 5.29. The number of aliphatic hydroxyl groups is 1. The molecule has 2 atom stereocenters. The number of hydrogen-bond donors (Lipinski definition) is 3. The summed E-state index contributed by atoms with van der Waals surface area (Å²) in [6.45, 7) is -0.200. The number of ether oxygens (including phenoxy) is 1. The summed E-state index contributed by atoms with van der Waals surface area (Å²) in [6, 6.07) is 8.37. The van der Waals surface area contributed by atoms with Gasteiger partial charge in [0.25, 0.3) is 5.91 Å². The number of carboxylic acids is 1. The van der Waals surface area contributed by atoms with Crippen LogP contribution in [0.3, 0.4) is 0 Å². The van der Waals surface area contributed by atoms with Crippen LogP contribution in [0.5, 0.6) is 0 Å². The highest BCUT2D eigenvalue weighted by molar-refractivity contribution is 5.82. The lowest BCUT2D eigenvalue weighted by molar-refractivity contribution is -0.148. The number of nitrogens with one attached hydrogen (secondary N) is 1. The van der Waals surface area contributed by atoms with Gasteiger partial charge in [0.15, 0.2) is 12.2 Å². The SMILES string of the molecule is COC(CNC(=O)C(O)c1ccccc1)C(=O)O. The number of rotatable bonds is 6. The van der Waals surface area contributed by atoms with E-state index in [0.717, 1.165) is 0 Å². The highest BCUT2D eigenvalue weighted by atomic mass is 16.5. The van der Waals surface area contributed by atoms with Crippen molar-refractivity contribution in [2.24, 2.45) is 0 Å². The van der Waals surface area contributed by atoms with Gasteiger partial charge < -0.3 is 20.3 Å². The van der Waals surface area contributed by atoms with Crippen LogP contribution in [0.2, 0.25) is 0 Å². The predicted octanol–water partition coefficient (Wildman–Crippen LogP) is -0.0642. The summed E-state index contributed by atoms with van der Waals surface area (Å²) in [5.41, 5.74) is 0.444. The van der Waals surface area contributed by atoms with Crippen molar-refractivity contribution in [2.75, 3.05) is 13.7 Å². The Hall–Kier alpha value is -1.92. The van der Waals surface area contributed by atoms with Gasteiger partial charge in [0.2, 0.25) is 0 Å². The number of methoxy groups -OCH3 is 1. The summed E-state index contributed by atoms with van der Waals surface area (Å²) < 4.78 is 4.65. The van der Waals surface area contributed by atoms with Gasteiger partial charge in [-0.05, 0) is 5.56 Å². The standard InChI is InChI=1S/C12H15NO5/c1-18-9(12(16)17)7-13-11(15)10(14)8-5-3-2-4-6-8/h2-6,9-10,14H,7H2,1H3,(H,13,15)(H,16,17). The van der Waals surface area contributed by atoms with Crippen molar-refractivity contribution in [3.8, 4) is 0 Å². The molecule has 0 saturated carbocycles. The van der Waals surface area contributed by atoms with Gasteiger partial charge in [-0.2, -0.15) is 0 Å². The lowest BCUT2D eigenvalue weighted by atomic mass is 10.1. The van der Waals surface area contributed by atoms with Crippen LogP contribution < -0.4 is 5.32 Å². The molecular formula is C12H15NO5. The molecule has 1 amide bonds. The summed E-state index contributed by atoms with van der Waals surface area (Å²) in [4.78, 5) is 22.2. The Morgan fingerprint density at radius 1 is 1.33 bits per heavy atom. The predicted molar refractivity (Wildman–Crippen MR) is 62.8 cm³/mol. The van der Waals surface area contributed by atoms with Crippen molar-refractivity contribution < 1.29 is 24.5 Å². The number of benzene rings is 1. The van der Waals surface area contributed by atoms with Crippen LogP contribution in [0.25, 0.3) is 0 Å². The van der Waals surface area contributed by atoms with Crippen molar-refractivity contribution >= 4 is 11.9 Å². The van der Waals surface area contributed by atoms with Gasteiger partial charge >= 0.3 is 5.97 Å². The molecule has 1 rings (SSSR count). The van der Waals surface area contributed by atoms with Crippen LogP contribution in [-0.4, -0.2) is 41.8 Å². The minimum absolute atomic E-state index is 0.200. The molecule has 1 aromatic rings. The van der Waals surface area contributed by atoms with Crippen molar-refractivity contribution in [3.05, 3.63) is 35.9 Å². The van der Waals surface area contributed by atoms with Crippen LogP contribution in [0, 0.1) is 0 Å². The first-order valence-electron chi connectivity index (χ1n) is 5.32. The fraction of sp³-hybridized carbons (Fsp3) is 0.333. The molecule has 18 heavy (non-hydrogen) atoms. The summed E-state index contributed by atoms with van der Waals surface area (Å²) in [6.07, 6.45) is -2.45. The fourth-order valence-electron chi connectivity index (χ4n) is 1.35. The monoisotopic (exact) mass is 253 g/mol. The van der Waals surface area contributed by atoms with E-state index >= 15 is 0 Å². The first kappa shape index (κ1) is 14.1. The van der Waals surface area contributed by atoms with Crippen LogP contribution >= 0.6 is 0 Å². The topological polar surface area (TPSA) is 95.9 Å². The Balaban J connectivity index is 2.53. The number of amides is 1. The molecule has 1 aromatic carbocycles. The third-order valence-electron chi connectivity index (χ3n) is 2.39. The number of aliphatic carboxylic acids is 1. The molecule has 98 valence electrons. The van der Waals surface area contributed by atoms with E-state index in [-0.39, 0.29) is 6.54 Å². The summed E-state index contributed by atoms with van der Waals surface area (Å²) in [5, 5.41) is 20.7. The Morgan fingerprint density at radius 2 is 1.94 bits per heavy atom. The average Bonchev–Trinajstić information content (AvgIpc) is 2.39. The van der Waals surface area contributed by atoms with Gasteiger partial charge in [0, 0.05) is 7.11 Å². The van der Waals surface area contributed by atoms with Crippen LogP contribution in [0.1, 0.15) is 11.7 Å². The summed E-state index contributed by atoms with van der Waals surface area (Å²) in [5.74, 6) is -1.84. The molecular weight excluding hydrogens is 238 g/mol. The normalized spacial score (nSPS) is 13.7. The smallest absolute Gasteiger partial charge is 0.334 e. The average molecular weight is 253 g/mol. The van der Waals surface area contributed by atoms with E-state index in [1.807, 2.05) is 0 Å². The van der Waals surface area contributed by atoms with E-state index in [1.54, 1.807) is 30.3 Å². The van der Waals surface area contributed by atoms with Crippen molar-refractivity contribution in [2.45, 2.75) is 12.2 Å². The van der Waals surface area contributed by atoms with Crippen molar-refractivity contribution in [1.82, 2.24) is 5.32 Å². The molecule has 6 heteroatoms. The van der Waals surface area contributed by atoms with Crippen LogP contribution in [-0.2, 0) is 14.3 Å². The fourth-order valence-corrected chi connectivity index (χ4v) is 1.35. The lowest BCUT2D eigenvalue weighted by Gasteiger charge is -2.14. The molecule has 0 fully saturated rings. The van der Waals surface area contributed by atoms with Gasteiger partial charge in [-0.25, -0.2) is 4.79 Å². The van der Waals surface area contributed by atoms with Gasteiger partial charge in [-0.1, -0.05) is 30.3 Å². The molecule has 0 saturated heterocycles. The Labute approximate surface area is 104 Å². The van der Waals surface area contributed by atoms with E-state index in [2.05, 4.69) is 10.1 Å². The molecule has 0 aliphatic heterocycles. The second-order valence-electron chi connectivity index (χ2n) is 3.62. The zero-order valence-electron chi connectivity index (χ0n) is 9.87. The maximum absolute atomic E-state index is 11.6. The van der Waals surface area contributed by atoms with Gasteiger partial charge in [-0.3, -0.25) is 4.79 Å². The first-order valence-corrected chi connectivity index (χ1v) is 5.32.